The van der Waals surface area contributed by atoms with E-state index in [-0.39, 0.29) is 35.6 Å². The number of esters is 1. The Morgan fingerprint density at radius 3 is 2.69 bits per heavy atom. The van der Waals surface area contributed by atoms with Gasteiger partial charge in [0.05, 0.1) is 17.1 Å². The highest BCUT2D eigenvalue weighted by atomic mass is 16.6. The molecule has 0 saturated heterocycles. The Balaban J connectivity index is 1.93. The summed E-state index contributed by atoms with van der Waals surface area (Å²) in [5.41, 5.74) is -0.319. The molecule has 0 bridgehead atoms. The number of hydrogen-bond acceptors (Lipinski definition) is 6. The van der Waals surface area contributed by atoms with Crippen molar-refractivity contribution in [1.29, 1.82) is 0 Å². The van der Waals surface area contributed by atoms with Gasteiger partial charge in [0.2, 0.25) is 0 Å². The van der Waals surface area contributed by atoms with Gasteiger partial charge in [-0.05, 0) is 37.8 Å². The number of carbonyl (C=O) groups excluding carboxylic acids is 2. The lowest BCUT2D eigenvalue weighted by Gasteiger charge is -2.29. The summed E-state index contributed by atoms with van der Waals surface area (Å²) in [6.45, 7) is 3.65. The number of nitrogens with one attached hydrogen (secondary N) is 1. The molecular weight excluding hydrogens is 340 g/mol. The van der Waals surface area contributed by atoms with Crippen LogP contribution in [-0.2, 0) is 9.53 Å². The van der Waals surface area contributed by atoms with Crippen LogP contribution in [0.1, 0.15) is 49.9 Å². The van der Waals surface area contributed by atoms with Gasteiger partial charge in [-0.15, -0.1) is 0 Å². The maximum atomic E-state index is 12.1. The maximum Gasteiger partial charge on any atom is 0.338 e. The van der Waals surface area contributed by atoms with Crippen LogP contribution in [0.3, 0.4) is 0 Å². The normalized spacial score (nSPS) is 19.5. The van der Waals surface area contributed by atoms with Crippen molar-refractivity contribution in [2.45, 2.75) is 45.6 Å². The van der Waals surface area contributed by atoms with E-state index in [0.29, 0.717) is 5.92 Å². The lowest BCUT2D eigenvalue weighted by atomic mass is 9.86. The van der Waals surface area contributed by atoms with E-state index in [0.717, 1.165) is 25.3 Å². The van der Waals surface area contributed by atoms with Crippen LogP contribution in [0.5, 0.6) is 5.75 Å². The lowest BCUT2D eigenvalue weighted by molar-refractivity contribution is -0.385. The predicted octanol–water partition coefficient (Wildman–Crippen LogP) is 2.85. The van der Waals surface area contributed by atoms with E-state index in [2.05, 4.69) is 12.2 Å². The summed E-state index contributed by atoms with van der Waals surface area (Å²) in [6, 6.07) is 3.92. The standard InChI is InChI=1S/C18H24N2O6/c1-3-25-16-9-8-13(10-15(16)20(23)24)18(22)26-11-17(21)19-14-7-5-4-6-12(14)2/h8-10,12,14H,3-7,11H2,1-2H3,(H,19,21). The molecule has 0 radical (unpaired) electrons. The molecule has 1 aliphatic carbocycles. The molecule has 8 nitrogen and oxygen atoms in total. The Morgan fingerprint density at radius 2 is 2.04 bits per heavy atom. The smallest absolute Gasteiger partial charge is 0.338 e. The van der Waals surface area contributed by atoms with E-state index in [9.17, 15) is 19.7 Å². The number of amides is 1. The molecule has 1 fully saturated rings. The summed E-state index contributed by atoms with van der Waals surface area (Å²) in [4.78, 5) is 34.5. The summed E-state index contributed by atoms with van der Waals surface area (Å²) in [5.74, 6) is -0.671. The number of rotatable bonds is 7. The van der Waals surface area contributed by atoms with Crippen LogP contribution in [0.25, 0.3) is 0 Å². The van der Waals surface area contributed by atoms with Crippen molar-refractivity contribution in [3.63, 3.8) is 0 Å². The molecule has 1 amide bonds. The number of hydrogen-bond donors (Lipinski definition) is 1. The number of carbonyl (C=O) groups is 2. The molecule has 2 unspecified atom stereocenters. The summed E-state index contributed by atoms with van der Waals surface area (Å²) in [7, 11) is 0. The first-order valence-electron chi connectivity index (χ1n) is 8.80. The van der Waals surface area contributed by atoms with Crippen molar-refractivity contribution < 1.29 is 24.0 Å². The van der Waals surface area contributed by atoms with Gasteiger partial charge in [-0.25, -0.2) is 4.79 Å². The average molecular weight is 364 g/mol. The first-order chi connectivity index (χ1) is 12.4. The average Bonchev–Trinajstić information content (AvgIpc) is 2.62. The van der Waals surface area contributed by atoms with E-state index < -0.39 is 17.5 Å². The van der Waals surface area contributed by atoms with Gasteiger partial charge in [0.25, 0.3) is 5.91 Å². The maximum absolute atomic E-state index is 12.1. The van der Waals surface area contributed by atoms with Crippen molar-refractivity contribution in [2.24, 2.45) is 5.92 Å². The number of benzene rings is 1. The lowest BCUT2D eigenvalue weighted by Crippen LogP contribution is -2.42. The summed E-state index contributed by atoms with van der Waals surface area (Å²) >= 11 is 0. The highest BCUT2D eigenvalue weighted by Crippen LogP contribution is 2.28. The van der Waals surface area contributed by atoms with Crippen LogP contribution in [0, 0.1) is 16.0 Å². The van der Waals surface area contributed by atoms with Crippen LogP contribution in [0.4, 0.5) is 5.69 Å². The first-order valence-corrected chi connectivity index (χ1v) is 8.80. The van der Waals surface area contributed by atoms with E-state index in [1.165, 1.54) is 18.6 Å². The molecular formula is C18H24N2O6. The second-order valence-corrected chi connectivity index (χ2v) is 6.38. The predicted molar refractivity (Wildman–Crippen MR) is 94.1 cm³/mol. The monoisotopic (exact) mass is 364 g/mol. The van der Waals surface area contributed by atoms with Gasteiger partial charge in [0.15, 0.2) is 12.4 Å². The number of nitro benzene ring substituents is 1. The number of ether oxygens (including phenoxy) is 2. The molecule has 1 aromatic rings. The van der Waals surface area contributed by atoms with E-state index >= 15 is 0 Å². The van der Waals surface area contributed by atoms with Gasteiger partial charge in [-0.3, -0.25) is 14.9 Å². The molecule has 1 N–H and O–H groups in total. The summed E-state index contributed by atoms with van der Waals surface area (Å²) in [6.07, 6.45) is 4.23. The molecule has 1 aromatic carbocycles. The molecule has 1 aliphatic rings. The highest BCUT2D eigenvalue weighted by molar-refractivity contribution is 5.92. The number of nitrogens with zero attached hydrogens (tertiary/aromatic N) is 1. The zero-order chi connectivity index (χ0) is 19.1. The molecule has 142 valence electrons. The second kappa shape index (κ2) is 9.17. The summed E-state index contributed by atoms with van der Waals surface area (Å²) in [5, 5.41) is 14.0. The Morgan fingerprint density at radius 1 is 1.31 bits per heavy atom. The van der Waals surface area contributed by atoms with Gasteiger partial charge >= 0.3 is 11.7 Å². The van der Waals surface area contributed by atoms with Crippen molar-refractivity contribution in [1.82, 2.24) is 5.32 Å². The molecule has 0 heterocycles. The van der Waals surface area contributed by atoms with Crippen LogP contribution < -0.4 is 10.1 Å². The van der Waals surface area contributed by atoms with Gasteiger partial charge in [-0.2, -0.15) is 0 Å². The van der Waals surface area contributed by atoms with E-state index in [1.807, 2.05) is 0 Å². The van der Waals surface area contributed by atoms with Crippen LogP contribution >= 0.6 is 0 Å². The molecule has 0 aromatic heterocycles. The summed E-state index contributed by atoms with van der Waals surface area (Å²) < 4.78 is 10.2. The van der Waals surface area contributed by atoms with Gasteiger partial charge in [0.1, 0.15) is 0 Å². The van der Waals surface area contributed by atoms with Gasteiger partial charge < -0.3 is 14.8 Å². The minimum absolute atomic E-state index is 0.000938. The Bertz CT molecular complexity index is 676. The Hall–Kier alpha value is -2.64. The third-order valence-electron chi connectivity index (χ3n) is 4.48. The second-order valence-electron chi connectivity index (χ2n) is 6.38. The topological polar surface area (TPSA) is 108 Å². The largest absolute Gasteiger partial charge is 0.487 e. The fourth-order valence-corrected chi connectivity index (χ4v) is 3.06. The third-order valence-corrected chi connectivity index (χ3v) is 4.48. The molecule has 2 atom stereocenters. The zero-order valence-electron chi connectivity index (χ0n) is 15.0. The Kier molecular flexibility index (Phi) is 6.94. The van der Waals surface area contributed by atoms with Crippen LogP contribution in [-0.4, -0.2) is 36.1 Å². The number of nitro groups is 1. The zero-order valence-corrected chi connectivity index (χ0v) is 15.0. The van der Waals surface area contributed by atoms with Crippen molar-refractivity contribution in [2.75, 3.05) is 13.2 Å². The van der Waals surface area contributed by atoms with E-state index in [4.69, 9.17) is 9.47 Å². The first kappa shape index (κ1) is 19.7. The Labute approximate surface area is 152 Å². The molecule has 1 saturated carbocycles. The van der Waals surface area contributed by atoms with Crippen LogP contribution in [0.2, 0.25) is 0 Å². The van der Waals surface area contributed by atoms with Crippen molar-refractivity contribution in [3.8, 4) is 5.75 Å². The molecule has 2 rings (SSSR count). The molecule has 0 aliphatic heterocycles. The van der Waals surface area contributed by atoms with Crippen molar-refractivity contribution in [3.05, 3.63) is 33.9 Å². The molecule has 0 spiro atoms. The quantitative estimate of drug-likeness (QED) is 0.453. The molecule has 8 heteroatoms. The minimum Gasteiger partial charge on any atom is -0.487 e. The fraction of sp³-hybridized carbons (Fsp3) is 0.556. The fourth-order valence-electron chi connectivity index (χ4n) is 3.06. The van der Waals surface area contributed by atoms with Crippen molar-refractivity contribution >= 4 is 17.6 Å². The molecule has 26 heavy (non-hydrogen) atoms. The van der Waals surface area contributed by atoms with Gasteiger partial charge in [-0.1, -0.05) is 19.8 Å². The van der Waals surface area contributed by atoms with Gasteiger partial charge in [0, 0.05) is 12.1 Å². The van der Waals surface area contributed by atoms with Crippen LogP contribution in [0.15, 0.2) is 18.2 Å². The highest BCUT2D eigenvalue weighted by Gasteiger charge is 2.24. The van der Waals surface area contributed by atoms with E-state index in [1.54, 1.807) is 6.92 Å². The minimum atomic E-state index is -0.789. The third kappa shape index (κ3) is 5.18. The SMILES string of the molecule is CCOc1ccc(C(=O)OCC(=O)NC2CCCCC2C)cc1[N+](=O)[O-].